The van der Waals surface area contributed by atoms with Crippen molar-refractivity contribution in [3.05, 3.63) is 40.9 Å². The zero-order chi connectivity index (χ0) is 10.6. The maximum absolute atomic E-state index is 2.45. The Morgan fingerprint density at radius 3 is 2.21 bits per heavy atom. The van der Waals surface area contributed by atoms with Crippen LogP contribution in [0.4, 0.5) is 0 Å². The van der Waals surface area contributed by atoms with Crippen LogP contribution in [0.1, 0.15) is 6.92 Å². The van der Waals surface area contributed by atoms with Gasteiger partial charge in [-0.2, -0.15) is 0 Å². The second-order valence-electron chi connectivity index (χ2n) is 4.54. The number of allylic oxidation sites excluding steroid dienone is 1. The van der Waals surface area contributed by atoms with Crippen molar-refractivity contribution in [3.63, 3.8) is 0 Å². The summed E-state index contributed by atoms with van der Waals surface area (Å²) < 4.78 is 0. The van der Waals surface area contributed by atoms with Crippen LogP contribution in [0, 0.1) is 0 Å². The predicted octanol–water partition coefficient (Wildman–Crippen LogP) is 4.56. The van der Waals surface area contributed by atoms with E-state index in [1.165, 1.54) is 9.80 Å². The zero-order valence-corrected chi connectivity index (χ0v) is 11.2. The molecule has 0 nitrogen and oxygen atoms in total. The van der Waals surface area contributed by atoms with Gasteiger partial charge in [-0.15, -0.1) is 0 Å². The SMILES string of the molecule is C/C(=C/[Si](C)(C)C)Sc1ccccc1. The Kier molecular flexibility index (Phi) is 4.02. The Hall–Kier alpha value is -0.473. The van der Waals surface area contributed by atoms with Gasteiger partial charge in [-0.05, 0) is 24.0 Å². The molecule has 0 amide bonds. The maximum atomic E-state index is 2.45. The van der Waals surface area contributed by atoms with Gasteiger partial charge in [0.1, 0.15) is 0 Å². The Bertz CT molecular complexity index is 309. The minimum absolute atomic E-state index is 1.06. The normalized spacial score (nSPS) is 13.0. The molecule has 0 atom stereocenters. The van der Waals surface area contributed by atoms with Crippen LogP contribution < -0.4 is 0 Å². The van der Waals surface area contributed by atoms with Crippen molar-refractivity contribution in [2.45, 2.75) is 31.5 Å². The van der Waals surface area contributed by atoms with Crippen molar-refractivity contribution in [3.8, 4) is 0 Å². The van der Waals surface area contributed by atoms with Crippen LogP contribution in [-0.4, -0.2) is 8.07 Å². The van der Waals surface area contributed by atoms with E-state index in [4.69, 9.17) is 0 Å². The fraction of sp³-hybridized carbons (Fsp3) is 0.333. The Balaban J connectivity index is 2.67. The lowest BCUT2D eigenvalue weighted by Gasteiger charge is -2.11. The van der Waals surface area contributed by atoms with E-state index >= 15 is 0 Å². The van der Waals surface area contributed by atoms with E-state index in [0.29, 0.717) is 0 Å². The molecule has 0 fully saturated rings. The van der Waals surface area contributed by atoms with Gasteiger partial charge in [0.05, 0.1) is 8.07 Å². The van der Waals surface area contributed by atoms with E-state index in [1.54, 1.807) is 0 Å². The summed E-state index contributed by atoms with van der Waals surface area (Å²) in [6, 6.07) is 10.5. The van der Waals surface area contributed by atoms with Gasteiger partial charge in [-0.3, -0.25) is 0 Å². The molecule has 0 radical (unpaired) electrons. The summed E-state index contributed by atoms with van der Waals surface area (Å²) in [5, 5.41) is 0. The molecule has 0 N–H and O–H groups in total. The highest BCUT2D eigenvalue weighted by atomic mass is 32.2. The first-order valence-electron chi connectivity index (χ1n) is 4.90. The summed E-state index contributed by atoms with van der Waals surface area (Å²) in [5.74, 6) is 0. The third-order valence-electron chi connectivity index (χ3n) is 1.66. The van der Waals surface area contributed by atoms with E-state index < -0.39 is 8.07 Å². The molecule has 0 spiro atoms. The Morgan fingerprint density at radius 1 is 1.14 bits per heavy atom. The van der Waals surface area contributed by atoms with Crippen LogP contribution in [-0.2, 0) is 0 Å². The fourth-order valence-electron chi connectivity index (χ4n) is 1.31. The summed E-state index contributed by atoms with van der Waals surface area (Å²) in [4.78, 5) is 2.76. The van der Waals surface area contributed by atoms with Crippen molar-refractivity contribution in [2.24, 2.45) is 0 Å². The van der Waals surface area contributed by atoms with Crippen molar-refractivity contribution >= 4 is 19.8 Å². The van der Waals surface area contributed by atoms with Gasteiger partial charge in [-0.1, -0.05) is 55.3 Å². The first-order valence-corrected chi connectivity index (χ1v) is 9.29. The molecule has 0 aliphatic heterocycles. The average Bonchev–Trinajstić information content (AvgIpc) is 2.02. The molecule has 0 unspecified atom stereocenters. The number of benzene rings is 1. The van der Waals surface area contributed by atoms with Gasteiger partial charge in [0.2, 0.25) is 0 Å². The average molecular weight is 222 g/mol. The summed E-state index contributed by atoms with van der Waals surface area (Å²) in [6.07, 6.45) is 0. The molecule has 0 aliphatic rings. The molecule has 0 aromatic heterocycles. The lowest BCUT2D eigenvalue weighted by molar-refractivity contribution is 1.46. The third kappa shape index (κ3) is 4.68. The van der Waals surface area contributed by atoms with Crippen molar-refractivity contribution in [1.29, 1.82) is 0 Å². The highest BCUT2D eigenvalue weighted by Crippen LogP contribution is 2.26. The molecule has 14 heavy (non-hydrogen) atoms. The zero-order valence-electron chi connectivity index (χ0n) is 9.37. The van der Waals surface area contributed by atoms with Crippen LogP contribution in [0.3, 0.4) is 0 Å². The van der Waals surface area contributed by atoms with Crippen LogP contribution in [0.2, 0.25) is 19.6 Å². The van der Waals surface area contributed by atoms with Gasteiger partial charge >= 0.3 is 0 Å². The van der Waals surface area contributed by atoms with E-state index in [0.717, 1.165) is 0 Å². The fourth-order valence-corrected chi connectivity index (χ4v) is 4.49. The quantitative estimate of drug-likeness (QED) is 0.533. The third-order valence-corrected chi connectivity index (χ3v) is 4.11. The van der Waals surface area contributed by atoms with Gasteiger partial charge in [0.15, 0.2) is 0 Å². The molecule has 76 valence electrons. The number of hydrogen-bond donors (Lipinski definition) is 0. The van der Waals surface area contributed by atoms with Gasteiger partial charge < -0.3 is 0 Å². The number of thioether (sulfide) groups is 1. The molecule has 2 heteroatoms. The standard InChI is InChI=1S/C12H18SSi/c1-11(10-14(2,3)4)13-12-8-6-5-7-9-12/h5-10H,1-4H3/b11-10-. The van der Waals surface area contributed by atoms with Gasteiger partial charge in [0, 0.05) is 4.90 Å². The largest absolute Gasteiger partial charge is 0.0956 e. The monoisotopic (exact) mass is 222 g/mol. The van der Waals surface area contributed by atoms with E-state index in [2.05, 4.69) is 62.6 Å². The molecule has 1 rings (SSSR count). The summed E-state index contributed by atoms with van der Waals surface area (Å²) in [7, 11) is -1.06. The molecule has 0 saturated heterocycles. The molecular weight excluding hydrogens is 204 g/mol. The number of rotatable bonds is 3. The van der Waals surface area contributed by atoms with Crippen molar-refractivity contribution < 1.29 is 0 Å². The summed E-state index contributed by atoms with van der Waals surface area (Å²) >= 11 is 1.87. The molecule has 1 aromatic carbocycles. The van der Waals surface area contributed by atoms with Gasteiger partial charge in [-0.25, -0.2) is 0 Å². The Labute approximate surface area is 92.4 Å². The lowest BCUT2D eigenvalue weighted by atomic mass is 10.4. The molecule has 0 heterocycles. The minimum Gasteiger partial charge on any atom is -0.0956 e. The molecular formula is C12H18SSi. The second kappa shape index (κ2) is 4.85. The highest BCUT2D eigenvalue weighted by molar-refractivity contribution is 8.03. The first kappa shape index (κ1) is 11.6. The predicted molar refractivity (Wildman–Crippen MR) is 69.4 cm³/mol. The smallest absolute Gasteiger partial charge is 0.0697 e. The van der Waals surface area contributed by atoms with Crippen LogP contribution in [0.5, 0.6) is 0 Å². The van der Waals surface area contributed by atoms with E-state index in [9.17, 15) is 0 Å². The topological polar surface area (TPSA) is 0 Å². The molecule has 1 aromatic rings. The van der Waals surface area contributed by atoms with E-state index in [-0.39, 0.29) is 0 Å². The van der Waals surface area contributed by atoms with Crippen molar-refractivity contribution in [2.75, 3.05) is 0 Å². The highest BCUT2D eigenvalue weighted by Gasteiger charge is 2.09. The second-order valence-corrected chi connectivity index (χ2v) is 10.9. The van der Waals surface area contributed by atoms with Crippen LogP contribution >= 0.6 is 11.8 Å². The Morgan fingerprint density at radius 2 is 1.71 bits per heavy atom. The summed E-state index contributed by atoms with van der Waals surface area (Å²) in [6.45, 7) is 9.29. The first-order chi connectivity index (χ1) is 6.47. The maximum Gasteiger partial charge on any atom is 0.0697 e. The molecule has 0 saturated carbocycles. The molecule has 0 bridgehead atoms. The molecule has 0 aliphatic carbocycles. The van der Waals surface area contributed by atoms with Crippen LogP contribution in [0.15, 0.2) is 45.8 Å². The minimum atomic E-state index is -1.06. The lowest BCUT2D eigenvalue weighted by Crippen LogP contribution is -2.15. The summed E-state index contributed by atoms with van der Waals surface area (Å²) in [5.41, 5.74) is 2.45. The van der Waals surface area contributed by atoms with E-state index in [1.807, 2.05) is 11.8 Å². The number of hydrogen-bond acceptors (Lipinski definition) is 1. The van der Waals surface area contributed by atoms with Crippen molar-refractivity contribution in [1.82, 2.24) is 0 Å². The van der Waals surface area contributed by atoms with Gasteiger partial charge in [0.25, 0.3) is 0 Å². The van der Waals surface area contributed by atoms with Crippen LogP contribution in [0.25, 0.3) is 0 Å².